The van der Waals surface area contributed by atoms with E-state index >= 15 is 0 Å². The van der Waals surface area contributed by atoms with Gasteiger partial charge in [-0.15, -0.1) is 5.10 Å². The first-order chi connectivity index (χ1) is 9.62. The Labute approximate surface area is 115 Å². The largest absolute Gasteiger partial charge is 0.481 e. The molecule has 20 heavy (non-hydrogen) atoms. The van der Waals surface area contributed by atoms with Crippen molar-refractivity contribution in [3.8, 4) is 11.5 Å². The first-order valence-electron chi connectivity index (χ1n) is 6.54. The Kier molecular flexibility index (Phi) is 2.96. The molecule has 1 aliphatic carbocycles. The summed E-state index contributed by atoms with van der Waals surface area (Å²) < 4.78 is 1.56. The van der Waals surface area contributed by atoms with Crippen molar-refractivity contribution in [2.45, 2.75) is 32.7 Å². The highest BCUT2D eigenvalue weighted by molar-refractivity contribution is 5.75. The van der Waals surface area contributed by atoms with E-state index in [-0.39, 0.29) is 0 Å². The second kappa shape index (κ2) is 4.66. The highest BCUT2D eigenvalue weighted by Crippen LogP contribution is 2.43. The average Bonchev–Trinajstić information content (AvgIpc) is 2.81. The molecule has 0 atom stereocenters. The van der Waals surface area contributed by atoms with Crippen LogP contribution in [0, 0.1) is 12.3 Å². The summed E-state index contributed by atoms with van der Waals surface area (Å²) >= 11 is 0. The monoisotopic (exact) mass is 273 g/mol. The normalized spacial score (nSPS) is 16.6. The van der Waals surface area contributed by atoms with Gasteiger partial charge >= 0.3 is 5.97 Å². The molecule has 0 unspecified atom stereocenters. The smallest absolute Gasteiger partial charge is 0.311 e. The number of nitrogens with zero attached hydrogens (tertiary/aromatic N) is 5. The fourth-order valence-electron chi connectivity index (χ4n) is 2.53. The van der Waals surface area contributed by atoms with Gasteiger partial charge in [0.15, 0.2) is 0 Å². The van der Waals surface area contributed by atoms with E-state index in [0.29, 0.717) is 30.9 Å². The Morgan fingerprint density at radius 2 is 2.30 bits per heavy atom. The number of carboxylic acid groups (broad SMARTS) is 1. The number of aromatic nitrogens is 5. The van der Waals surface area contributed by atoms with Crippen LogP contribution in [-0.2, 0) is 11.3 Å². The topological polar surface area (TPSA) is 93.8 Å². The van der Waals surface area contributed by atoms with E-state index in [4.69, 9.17) is 0 Å². The van der Waals surface area contributed by atoms with Crippen LogP contribution in [0.2, 0.25) is 0 Å². The summed E-state index contributed by atoms with van der Waals surface area (Å²) in [6.45, 7) is 2.22. The Morgan fingerprint density at radius 3 is 2.90 bits per heavy atom. The Bertz CT molecular complexity index is 648. The number of aryl methyl sites for hydroxylation is 1. The fraction of sp³-hybridized carbons (Fsp3) is 0.462. The molecule has 104 valence electrons. The zero-order valence-corrected chi connectivity index (χ0v) is 11.2. The maximum atomic E-state index is 11.4. The minimum absolute atomic E-state index is 0.292. The van der Waals surface area contributed by atoms with Gasteiger partial charge in [0, 0.05) is 6.20 Å². The molecule has 1 N–H and O–H groups in total. The first kappa shape index (κ1) is 12.7. The van der Waals surface area contributed by atoms with Crippen LogP contribution >= 0.6 is 0 Å². The van der Waals surface area contributed by atoms with E-state index < -0.39 is 11.4 Å². The van der Waals surface area contributed by atoms with Crippen molar-refractivity contribution in [1.82, 2.24) is 25.2 Å². The molecule has 0 radical (unpaired) electrons. The van der Waals surface area contributed by atoms with E-state index in [1.807, 2.05) is 19.1 Å². The Hall–Kier alpha value is -2.31. The molecule has 2 heterocycles. The number of hydrogen-bond donors (Lipinski definition) is 1. The van der Waals surface area contributed by atoms with Crippen molar-refractivity contribution in [2.75, 3.05) is 0 Å². The second-order valence-electron chi connectivity index (χ2n) is 5.27. The molecule has 0 aromatic carbocycles. The third-order valence-corrected chi connectivity index (χ3v) is 3.97. The zero-order chi connectivity index (χ0) is 14.2. The molecule has 2 aromatic rings. The van der Waals surface area contributed by atoms with E-state index in [1.165, 1.54) is 0 Å². The van der Waals surface area contributed by atoms with Crippen LogP contribution in [0.25, 0.3) is 11.5 Å². The standard InChI is InChI=1S/C13H15N5O2/c1-9-4-2-7-14-10(9)11-15-16-17-18(11)8-13(12(19)20)5-3-6-13/h2,4,7H,3,5-6,8H2,1H3,(H,19,20). The van der Waals surface area contributed by atoms with Crippen LogP contribution < -0.4 is 0 Å². The van der Waals surface area contributed by atoms with Crippen LogP contribution in [0.15, 0.2) is 18.3 Å². The van der Waals surface area contributed by atoms with Crippen molar-refractivity contribution in [1.29, 1.82) is 0 Å². The van der Waals surface area contributed by atoms with E-state index in [1.54, 1.807) is 10.9 Å². The van der Waals surface area contributed by atoms with Gasteiger partial charge in [0.05, 0.1) is 12.0 Å². The summed E-state index contributed by atoms with van der Waals surface area (Å²) in [6.07, 6.45) is 3.95. The van der Waals surface area contributed by atoms with Gasteiger partial charge in [0.2, 0.25) is 5.82 Å². The number of tetrazole rings is 1. The maximum absolute atomic E-state index is 11.4. The van der Waals surface area contributed by atoms with Crippen molar-refractivity contribution < 1.29 is 9.90 Å². The van der Waals surface area contributed by atoms with Crippen LogP contribution in [0.1, 0.15) is 24.8 Å². The van der Waals surface area contributed by atoms with Crippen molar-refractivity contribution >= 4 is 5.97 Å². The molecule has 1 fully saturated rings. The van der Waals surface area contributed by atoms with Crippen LogP contribution in [-0.4, -0.2) is 36.3 Å². The predicted octanol–water partition coefficient (Wildman–Crippen LogP) is 1.30. The van der Waals surface area contributed by atoms with E-state index in [2.05, 4.69) is 20.5 Å². The van der Waals surface area contributed by atoms with Crippen molar-refractivity contribution in [2.24, 2.45) is 5.41 Å². The lowest BCUT2D eigenvalue weighted by atomic mass is 9.69. The summed E-state index contributed by atoms with van der Waals surface area (Å²) in [6, 6.07) is 3.77. The number of carboxylic acids is 1. The number of rotatable bonds is 4. The summed E-state index contributed by atoms with van der Waals surface area (Å²) in [5.41, 5.74) is 0.922. The third-order valence-electron chi connectivity index (χ3n) is 3.97. The lowest BCUT2D eigenvalue weighted by Crippen LogP contribution is -2.42. The lowest BCUT2D eigenvalue weighted by molar-refractivity contribution is -0.156. The van der Waals surface area contributed by atoms with E-state index in [9.17, 15) is 9.90 Å². The number of carbonyl (C=O) groups is 1. The maximum Gasteiger partial charge on any atom is 0.311 e. The zero-order valence-electron chi connectivity index (χ0n) is 11.2. The Morgan fingerprint density at radius 1 is 1.50 bits per heavy atom. The predicted molar refractivity (Wildman–Crippen MR) is 69.7 cm³/mol. The van der Waals surface area contributed by atoms with Crippen LogP contribution in [0.3, 0.4) is 0 Å². The summed E-state index contributed by atoms with van der Waals surface area (Å²) in [4.78, 5) is 15.7. The Balaban J connectivity index is 1.95. The molecular weight excluding hydrogens is 258 g/mol. The van der Waals surface area contributed by atoms with Gasteiger partial charge in [0.1, 0.15) is 5.69 Å². The summed E-state index contributed by atoms with van der Waals surface area (Å²) in [5.74, 6) is -0.251. The molecule has 3 rings (SSSR count). The highest BCUT2D eigenvalue weighted by Gasteiger charge is 2.45. The van der Waals surface area contributed by atoms with Gasteiger partial charge in [-0.25, -0.2) is 4.68 Å². The number of aliphatic carboxylic acids is 1. The van der Waals surface area contributed by atoms with Crippen LogP contribution in [0.5, 0.6) is 0 Å². The van der Waals surface area contributed by atoms with Gasteiger partial charge in [-0.2, -0.15) is 0 Å². The molecule has 0 saturated heterocycles. The van der Waals surface area contributed by atoms with Crippen molar-refractivity contribution in [3.05, 3.63) is 23.9 Å². The summed E-state index contributed by atoms with van der Waals surface area (Å²) in [7, 11) is 0. The van der Waals surface area contributed by atoms with Gasteiger partial charge in [-0.05, 0) is 41.8 Å². The molecule has 0 amide bonds. The quantitative estimate of drug-likeness (QED) is 0.902. The van der Waals surface area contributed by atoms with Crippen LogP contribution in [0.4, 0.5) is 0 Å². The minimum Gasteiger partial charge on any atom is -0.481 e. The van der Waals surface area contributed by atoms with Gasteiger partial charge < -0.3 is 5.11 Å². The molecule has 2 aromatic heterocycles. The van der Waals surface area contributed by atoms with E-state index in [0.717, 1.165) is 12.0 Å². The molecule has 1 aliphatic rings. The fourth-order valence-corrected chi connectivity index (χ4v) is 2.53. The number of pyridine rings is 1. The summed E-state index contributed by atoms with van der Waals surface area (Å²) in [5, 5.41) is 21.0. The van der Waals surface area contributed by atoms with Gasteiger partial charge in [-0.3, -0.25) is 9.78 Å². The lowest BCUT2D eigenvalue weighted by Gasteiger charge is -2.37. The third kappa shape index (κ3) is 1.95. The molecule has 0 spiro atoms. The SMILES string of the molecule is Cc1cccnc1-c1nnnn1CC1(C(=O)O)CCC1. The first-order valence-corrected chi connectivity index (χ1v) is 6.54. The molecule has 7 heteroatoms. The minimum atomic E-state index is -0.775. The molecule has 0 aliphatic heterocycles. The van der Waals surface area contributed by atoms with Gasteiger partial charge in [0.25, 0.3) is 0 Å². The number of hydrogen-bond acceptors (Lipinski definition) is 5. The second-order valence-corrected chi connectivity index (χ2v) is 5.27. The molecule has 7 nitrogen and oxygen atoms in total. The molecule has 0 bridgehead atoms. The van der Waals surface area contributed by atoms with Crippen molar-refractivity contribution in [3.63, 3.8) is 0 Å². The average molecular weight is 273 g/mol. The molecule has 1 saturated carbocycles. The molecular formula is C13H15N5O2. The highest BCUT2D eigenvalue weighted by atomic mass is 16.4. The van der Waals surface area contributed by atoms with Gasteiger partial charge in [-0.1, -0.05) is 12.5 Å².